The van der Waals surface area contributed by atoms with E-state index in [1.807, 2.05) is 24.3 Å². The van der Waals surface area contributed by atoms with Gasteiger partial charge in [-0.3, -0.25) is 9.59 Å². The summed E-state index contributed by atoms with van der Waals surface area (Å²) in [5, 5.41) is 2.97. The number of aryl methyl sites for hydroxylation is 1. The van der Waals surface area contributed by atoms with E-state index >= 15 is 0 Å². The molecular formula is C24H37NO4. The van der Waals surface area contributed by atoms with Crippen molar-refractivity contribution in [3.8, 4) is 5.75 Å². The lowest BCUT2D eigenvalue weighted by Gasteiger charge is -2.33. The van der Waals surface area contributed by atoms with Crippen molar-refractivity contribution in [3.05, 3.63) is 42.5 Å². The molecule has 0 aliphatic heterocycles. The first-order chi connectivity index (χ1) is 13.9. The van der Waals surface area contributed by atoms with Crippen LogP contribution in [0.4, 0.5) is 0 Å². The number of nitrogens with one attached hydrogen (secondary N) is 1. The predicted molar refractivity (Wildman–Crippen MR) is 117 cm³/mol. The van der Waals surface area contributed by atoms with Gasteiger partial charge in [-0.05, 0) is 43.4 Å². The molecule has 1 atom stereocenters. The molecule has 0 spiro atoms. The summed E-state index contributed by atoms with van der Waals surface area (Å²) in [5.41, 5.74) is 0.495. The molecule has 1 aromatic rings. The highest BCUT2D eigenvalue weighted by atomic mass is 16.5. The Kier molecular flexibility index (Phi) is 11.8. The van der Waals surface area contributed by atoms with Crippen LogP contribution in [0.3, 0.4) is 0 Å². The summed E-state index contributed by atoms with van der Waals surface area (Å²) in [6, 6.07) is 8.07. The summed E-state index contributed by atoms with van der Waals surface area (Å²) in [6.07, 6.45) is 9.76. The second-order valence-corrected chi connectivity index (χ2v) is 7.64. The van der Waals surface area contributed by atoms with Crippen molar-refractivity contribution in [2.75, 3.05) is 13.2 Å². The number of carbonyl (C=O) groups excluding carboxylic acids is 2. The molecule has 1 unspecified atom stereocenters. The zero-order valence-corrected chi connectivity index (χ0v) is 18.3. The summed E-state index contributed by atoms with van der Waals surface area (Å²) < 4.78 is 11.0. The first kappa shape index (κ1) is 24.7. The molecule has 1 aromatic carbocycles. The van der Waals surface area contributed by atoms with Crippen LogP contribution < -0.4 is 10.1 Å². The highest BCUT2D eigenvalue weighted by molar-refractivity contribution is 5.74. The average Bonchev–Trinajstić information content (AvgIpc) is 2.68. The maximum Gasteiger partial charge on any atom is 0.302 e. The van der Waals surface area contributed by atoms with Gasteiger partial charge in [0.25, 0.3) is 0 Å². The van der Waals surface area contributed by atoms with Crippen molar-refractivity contribution in [1.29, 1.82) is 0 Å². The number of esters is 1. The number of hydrogen-bond donors (Lipinski definition) is 1. The molecule has 0 fully saturated rings. The van der Waals surface area contributed by atoms with E-state index in [2.05, 4.69) is 18.8 Å². The fourth-order valence-electron chi connectivity index (χ4n) is 3.30. The Hall–Kier alpha value is -2.30. The minimum atomic E-state index is -0.646. The molecule has 5 heteroatoms. The van der Waals surface area contributed by atoms with E-state index in [0.29, 0.717) is 12.8 Å². The van der Waals surface area contributed by atoms with Gasteiger partial charge in [0, 0.05) is 13.8 Å². The van der Waals surface area contributed by atoms with Crippen LogP contribution in [0.2, 0.25) is 0 Å². The van der Waals surface area contributed by atoms with Crippen LogP contribution in [0.5, 0.6) is 5.75 Å². The summed E-state index contributed by atoms with van der Waals surface area (Å²) in [5.74, 6) is 0.366. The smallest absolute Gasteiger partial charge is 0.302 e. The first-order valence-corrected chi connectivity index (χ1v) is 10.7. The predicted octanol–water partition coefficient (Wildman–Crippen LogP) is 4.98. The Balaban J connectivity index is 2.60. The van der Waals surface area contributed by atoms with Crippen LogP contribution in [0.15, 0.2) is 36.9 Å². The molecule has 29 heavy (non-hydrogen) atoms. The molecule has 162 valence electrons. The number of rotatable bonds is 15. The van der Waals surface area contributed by atoms with Gasteiger partial charge in [0.1, 0.15) is 12.4 Å². The maximum absolute atomic E-state index is 11.7. The molecule has 1 N–H and O–H groups in total. The number of benzene rings is 1. The Morgan fingerprint density at radius 3 is 2.38 bits per heavy atom. The molecular weight excluding hydrogens is 366 g/mol. The van der Waals surface area contributed by atoms with Crippen molar-refractivity contribution in [3.63, 3.8) is 0 Å². The zero-order chi connectivity index (χ0) is 21.5. The second-order valence-electron chi connectivity index (χ2n) is 7.64. The third-order valence-corrected chi connectivity index (χ3v) is 4.86. The number of amides is 1. The van der Waals surface area contributed by atoms with E-state index in [4.69, 9.17) is 9.47 Å². The molecule has 1 rings (SSSR count). The molecule has 5 nitrogen and oxygen atoms in total. The van der Waals surface area contributed by atoms with Gasteiger partial charge in [-0.2, -0.15) is 0 Å². The number of ether oxygens (including phenoxy) is 2. The van der Waals surface area contributed by atoms with Crippen LogP contribution in [0.1, 0.15) is 71.3 Å². The van der Waals surface area contributed by atoms with Crippen LogP contribution in [0, 0.1) is 0 Å². The minimum absolute atomic E-state index is 0.132. The Morgan fingerprint density at radius 1 is 1.10 bits per heavy atom. The standard InChI is InChI=1S/C24H37NO4/c1-5-7-8-9-10-18-28-23-13-11-22(12-14-23)15-17-24(16-6-2,25-20(3)26)19-29-21(4)27/h6,11-14H,2,5,7-10,15-19H2,1,3-4H3,(H,25,26). The van der Waals surface area contributed by atoms with E-state index in [1.54, 1.807) is 6.08 Å². The summed E-state index contributed by atoms with van der Waals surface area (Å²) >= 11 is 0. The first-order valence-electron chi connectivity index (χ1n) is 10.7. The highest BCUT2D eigenvalue weighted by Gasteiger charge is 2.31. The highest BCUT2D eigenvalue weighted by Crippen LogP contribution is 2.22. The van der Waals surface area contributed by atoms with Gasteiger partial charge in [-0.1, -0.05) is 50.8 Å². The SMILES string of the molecule is C=CCC(CCc1ccc(OCCCCCCC)cc1)(COC(C)=O)NC(C)=O. The maximum atomic E-state index is 11.7. The third-order valence-electron chi connectivity index (χ3n) is 4.86. The van der Waals surface area contributed by atoms with Crippen molar-refractivity contribution in [2.24, 2.45) is 0 Å². The molecule has 0 bridgehead atoms. The third kappa shape index (κ3) is 10.7. The van der Waals surface area contributed by atoms with Gasteiger partial charge in [0.15, 0.2) is 0 Å². The van der Waals surface area contributed by atoms with E-state index < -0.39 is 5.54 Å². The lowest BCUT2D eigenvalue weighted by Crippen LogP contribution is -2.51. The monoisotopic (exact) mass is 403 g/mol. The van der Waals surface area contributed by atoms with Crippen LogP contribution in [-0.4, -0.2) is 30.6 Å². The Labute approximate surface area is 175 Å². The molecule has 0 saturated heterocycles. The minimum Gasteiger partial charge on any atom is -0.494 e. The van der Waals surface area contributed by atoms with Crippen molar-refractivity contribution < 1.29 is 19.1 Å². The molecule has 0 saturated carbocycles. The van der Waals surface area contributed by atoms with Gasteiger partial charge in [-0.15, -0.1) is 6.58 Å². The summed E-state index contributed by atoms with van der Waals surface area (Å²) in [7, 11) is 0. The summed E-state index contributed by atoms with van der Waals surface area (Å²) in [4.78, 5) is 23.0. The fraction of sp³-hybridized carbons (Fsp3) is 0.583. The Morgan fingerprint density at radius 2 is 1.79 bits per heavy atom. The number of hydrogen-bond acceptors (Lipinski definition) is 4. The van der Waals surface area contributed by atoms with Gasteiger partial charge in [0.2, 0.25) is 5.91 Å². The number of carbonyl (C=O) groups is 2. The van der Waals surface area contributed by atoms with Crippen LogP contribution in [-0.2, 0) is 20.7 Å². The molecule has 0 aliphatic rings. The lowest BCUT2D eigenvalue weighted by molar-refractivity contribution is -0.144. The van der Waals surface area contributed by atoms with E-state index in [-0.39, 0.29) is 18.5 Å². The molecule has 1 amide bonds. The van der Waals surface area contributed by atoms with Gasteiger partial charge >= 0.3 is 5.97 Å². The largest absolute Gasteiger partial charge is 0.494 e. The van der Waals surface area contributed by atoms with Crippen molar-refractivity contribution >= 4 is 11.9 Å². The zero-order valence-electron chi connectivity index (χ0n) is 18.3. The fourth-order valence-corrected chi connectivity index (χ4v) is 3.30. The molecule has 0 aliphatic carbocycles. The Bertz CT molecular complexity index is 626. The lowest BCUT2D eigenvalue weighted by atomic mass is 9.88. The normalized spacial score (nSPS) is 12.7. The quantitative estimate of drug-likeness (QED) is 0.255. The van der Waals surface area contributed by atoms with Crippen molar-refractivity contribution in [1.82, 2.24) is 5.32 Å². The second kappa shape index (κ2) is 13.8. The topological polar surface area (TPSA) is 64.6 Å². The molecule has 0 heterocycles. The van der Waals surface area contributed by atoms with Crippen LogP contribution >= 0.6 is 0 Å². The molecule has 0 radical (unpaired) electrons. The van der Waals surface area contributed by atoms with E-state index in [1.165, 1.54) is 39.5 Å². The van der Waals surface area contributed by atoms with E-state index in [0.717, 1.165) is 30.8 Å². The van der Waals surface area contributed by atoms with Crippen molar-refractivity contribution in [2.45, 2.75) is 77.7 Å². The van der Waals surface area contributed by atoms with Crippen LogP contribution in [0.25, 0.3) is 0 Å². The van der Waals surface area contributed by atoms with E-state index in [9.17, 15) is 9.59 Å². The van der Waals surface area contributed by atoms with Gasteiger partial charge in [0.05, 0.1) is 12.1 Å². The van der Waals surface area contributed by atoms with Gasteiger partial charge in [-0.25, -0.2) is 0 Å². The number of unbranched alkanes of at least 4 members (excludes halogenated alkanes) is 4. The van der Waals surface area contributed by atoms with Gasteiger partial charge < -0.3 is 14.8 Å². The summed E-state index contributed by atoms with van der Waals surface area (Å²) in [6.45, 7) is 9.73. The average molecular weight is 404 g/mol. The molecule has 0 aromatic heterocycles.